The molecule has 5 rings (SSSR count). The first kappa shape index (κ1) is 24.7. The van der Waals surface area contributed by atoms with Crippen LogP contribution in [0.25, 0.3) is 0 Å². The van der Waals surface area contributed by atoms with Gasteiger partial charge in [0.25, 0.3) is 5.91 Å². The molecule has 0 saturated carbocycles. The van der Waals surface area contributed by atoms with Crippen LogP contribution in [0.2, 0.25) is 0 Å². The molecule has 0 aliphatic carbocycles. The number of benzene rings is 3. The minimum atomic E-state index is -0.688. The van der Waals surface area contributed by atoms with Gasteiger partial charge in [0.2, 0.25) is 5.91 Å². The first-order chi connectivity index (χ1) is 18.0. The molecule has 0 aromatic heterocycles. The molecule has 0 spiro atoms. The summed E-state index contributed by atoms with van der Waals surface area (Å²) < 4.78 is 19.3. The molecule has 0 saturated heterocycles. The zero-order chi connectivity index (χ0) is 25.8. The van der Waals surface area contributed by atoms with Gasteiger partial charge in [-0.05, 0) is 47.9 Å². The summed E-state index contributed by atoms with van der Waals surface area (Å²) in [4.78, 5) is 36.8. The summed E-state index contributed by atoms with van der Waals surface area (Å²) in [6.45, 7) is 0.388. The highest BCUT2D eigenvalue weighted by molar-refractivity contribution is 8.13. The van der Waals surface area contributed by atoms with Crippen LogP contribution in [0.15, 0.2) is 82.8 Å². The van der Waals surface area contributed by atoms with Crippen molar-refractivity contribution in [3.63, 3.8) is 0 Å². The molecular weight excluding hydrogens is 491 g/mol. The minimum Gasteiger partial charge on any atom is -0.497 e. The lowest BCUT2D eigenvalue weighted by Crippen LogP contribution is -2.41. The van der Waals surface area contributed by atoms with Crippen molar-refractivity contribution in [1.82, 2.24) is 10.2 Å². The molecule has 1 N–H and O–H groups in total. The summed E-state index contributed by atoms with van der Waals surface area (Å²) in [6.07, 6.45) is 0.439. The second-order valence-electron chi connectivity index (χ2n) is 8.60. The number of aliphatic imine (C=N–C) groups is 2. The van der Waals surface area contributed by atoms with Crippen LogP contribution in [-0.4, -0.2) is 40.9 Å². The van der Waals surface area contributed by atoms with E-state index in [0.29, 0.717) is 34.6 Å². The number of nitrogens with one attached hydrogen (secondary N) is 1. The van der Waals surface area contributed by atoms with Gasteiger partial charge in [-0.2, -0.15) is 0 Å². The van der Waals surface area contributed by atoms with Gasteiger partial charge in [-0.3, -0.25) is 14.6 Å². The van der Waals surface area contributed by atoms with Gasteiger partial charge in [-0.15, -0.1) is 0 Å². The molecule has 2 aliphatic heterocycles. The SMILES string of the molecule is COc1ccc(CNC(=O)CC[C@H]2N=C3c4ccccc4N=C(SCc4ccccc4F)N3C2=O)cc1. The van der Waals surface area contributed by atoms with Crippen molar-refractivity contribution >= 4 is 40.3 Å². The minimum absolute atomic E-state index is 0.156. The standard InChI is InChI=1S/C28H25FN4O3S/c1-36-20-12-10-18(11-13-20)16-30-25(34)15-14-24-27(35)33-26(31-24)21-7-3-5-9-23(21)32-28(33)37-17-19-6-2-4-8-22(19)29/h2-13,24H,14-17H2,1H3,(H,30,34)/t24-/m1/s1. The number of nitrogens with zero attached hydrogens (tertiary/aromatic N) is 3. The average molecular weight is 517 g/mol. The van der Waals surface area contributed by atoms with Crippen LogP contribution in [0.4, 0.5) is 10.1 Å². The lowest BCUT2D eigenvalue weighted by molar-refractivity contribution is -0.125. The topological polar surface area (TPSA) is 83.4 Å². The summed E-state index contributed by atoms with van der Waals surface area (Å²) in [7, 11) is 1.60. The predicted octanol–water partition coefficient (Wildman–Crippen LogP) is 4.82. The Bertz CT molecular complexity index is 1390. The number of hydrogen-bond acceptors (Lipinski definition) is 6. The Hall–Kier alpha value is -3.98. The number of rotatable bonds is 8. The van der Waals surface area contributed by atoms with Crippen molar-refractivity contribution in [1.29, 1.82) is 0 Å². The molecule has 3 aromatic rings. The molecule has 0 fully saturated rings. The lowest BCUT2D eigenvalue weighted by atomic mass is 10.1. The number of amides is 2. The lowest BCUT2D eigenvalue weighted by Gasteiger charge is -2.25. The Kier molecular flexibility index (Phi) is 7.32. The fourth-order valence-corrected chi connectivity index (χ4v) is 5.13. The summed E-state index contributed by atoms with van der Waals surface area (Å²) in [5, 5.41) is 3.35. The molecule has 7 nitrogen and oxygen atoms in total. The van der Waals surface area contributed by atoms with E-state index in [1.165, 1.54) is 22.7 Å². The van der Waals surface area contributed by atoms with E-state index in [1.807, 2.05) is 48.5 Å². The highest BCUT2D eigenvalue weighted by Crippen LogP contribution is 2.35. The number of methoxy groups -OCH3 is 1. The third-order valence-corrected chi connectivity index (χ3v) is 7.14. The molecule has 0 unspecified atom stereocenters. The number of para-hydroxylation sites is 1. The van der Waals surface area contributed by atoms with Crippen molar-refractivity contribution in [3.8, 4) is 5.75 Å². The molecule has 0 bridgehead atoms. The monoisotopic (exact) mass is 516 g/mol. The smallest absolute Gasteiger partial charge is 0.259 e. The molecule has 37 heavy (non-hydrogen) atoms. The number of halogens is 1. The summed E-state index contributed by atoms with van der Waals surface area (Å²) in [5.41, 5.74) is 2.95. The van der Waals surface area contributed by atoms with Gasteiger partial charge in [-0.25, -0.2) is 14.3 Å². The van der Waals surface area contributed by atoms with E-state index in [-0.39, 0.29) is 30.5 Å². The van der Waals surface area contributed by atoms with Crippen molar-refractivity contribution < 1.29 is 18.7 Å². The fourth-order valence-electron chi connectivity index (χ4n) is 4.14. The Morgan fingerprint density at radius 1 is 1.08 bits per heavy atom. The number of hydrogen-bond donors (Lipinski definition) is 1. The fraction of sp³-hybridized carbons (Fsp3) is 0.214. The first-order valence-electron chi connectivity index (χ1n) is 11.9. The van der Waals surface area contributed by atoms with Gasteiger partial charge < -0.3 is 10.1 Å². The van der Waals surface area contributed by atoms with Gasteiger partial charge in [0, 0.05) is 24.3 Å². The van der Waals surface area contributed by atoms with Gasteiger partial charge in [0.15, 0.2) is 5.17 Å². The van der Waals surface area contributed by atoms with Crippen LogP contribution in [0, 0.1) is 5.82 Å². The molecule has 9 heteroatoms. The van der Waals surface area contributed by atoms with Gasteiger partial charge >= 0.3 is 0 Å². The number of carbonyl (C=O) groups excluding carboxylic acids is 2. The third kappa shape index (κ3) is 5.41. The number of thioether (sulfide) groups is 1. The van der Waals surface area contributed by atoms with E-state index in [9.17, 15) is 14.0 Å². The number of ether oxygens (including phenoxy) is 1. The zero-order valence-corrected chi connectivity index (χ0v) is 21.0. The second-order valence-corrected chi connectivity index (χ2v) is 9.54. The van der Waals surface area contributed by atoms with E-state index in [1.54, 1.807) is 25.3 Å². The van der Waals surface area contributed by atoms with Gasteiger partial charge in [0.05, 0.1) is 12.8 Å². The van der Waals surface area contributed by atoms with Gasteiger partial charge in [-0.1, -0.05) is 54.2 Å². The average Bonchev–Trinajstić information content (AvgIpc) is 3.27. The Labute approximate surface area is 218 Å². The van der Waals surface area contributed by atoms with Crippen LogP contribution in [0.5, 0.6) is 5.75 Å². The Morgan fingerprint density at radius 2 is 1.84 bits per heavy atom. The van der Waals surface area contributed by atoms with Crippen LogP contribution in [0.1, 0.15) is 29.5 Å². The molecule has 0 radical (unpaired) electrons. The molecule has 2 heterocycles. The Balaban J connectivity index is 1.26. The van der Waals surface area contributed by atoms with Crippen molar-refractivity contribution in [3.05, 3.63) is 95.3 Å². The molecule has 1 atom stereocenters. The Morgan fingerprint density at radius 3 is 2.62 bits per heavy atom. The van der Waals surface area contributed by atoms with E-state index in [4.69, 9.17) is 9.73 Å². The number of amidine groups is 2. The van der Waals surface area contributed by atoms with Crippen LogP contribution >= 0.6 is 11.8 Å². The quantitative estimate of drug-likeness (QED) is 0.465. The van der Waals surface area contributed by atoms with E-state index < -0.39 is 6.04 Å². The van der Waals surface area contributed by atoms with E-state index in [0.717, 1.165) is 16.9 Å². The maximum absolute atomic E-state index is 14.2. The van der Waals surface area contributed by atoms with Gasteiger partial charge in [0.1, 0.15) is 23.4 Å². The highest BCUT2D eigenvalue weighted by atomic mass is 32.2. The summed E-state index contributed by atoms with van der Waals surface area (Å²) in [5.74, 6) is 0.914. The molecule has 188 valence electrons. The number of carbonyl (C=O) groups is 2. The van der Waals surface area contributed by atoms with Crippen molar-refractivity contribution in [2.45, 2.75) is 31.2 Å². The normalized spacial score (nSPS) is 16.0. The zero-order valence-electron chi connectivity index (χ0n) is 20.2. The molecule has 2 aliphatic rings. The van der Waals surface area contributed by atoms with E-state index >= 15 is 0 Å². The molecule has 2 amide bonds. The summed E-state index contributed by atoms with van der Waals surface area (Å²) >= 11 is 1.29. The largest absolute Gasteiger partial charge is 0.497 e. The molecule has 3 aromatic carbocycles. The van der Waals surface area contributed by atoms with Crippen LogP contribution in [0.3, 0.4) is 0 Å². The molecular formula is C28H25FN4O3S. The second kappa shape index (κ2) is 11.0. The summed E-state index contributed by atoms with van der Waals surface area (Å²) in [6, 6.07) is 20.8. The van der Waals surface area contributed by atoms with Crippen LogP contribution in [-0.2, 0) is 21.9 Å². The van der Waals surface area contributed by atoms with E-state index in [2.05, 4.69) is 10.3 Å². The van der Waals surface area contributed by atoms with Crippen molar-refractivity contribution in [2.75, 3.05) is 7.11 Å². The first-order valence-corrected chi connectivity index (χ1v) is 12.9. The van der Waals surface area contributed by atoms with Crippen molar-refractivity contribution in [2.24, 2.45) is 9.98 Å². The highest BCUT2D eigenvalue weighted by Gasteiger charge is 2.41. The number of fused-ring (bicyclic) bond motifs is 3. The predicted molar refractivity (Wildman–Crippen MR) is 142 cm³/mol. The maximum atomic E-state index is 14.2. The third-order valence-electron chi connectivity index (χ3n) is 6.16. The maximum Gasteiger partial charge on any atom is 0.259 e. The van der Waals surface area contributed by atoms with Crippen LogP contribution < -0.4 is 10.1 Å².